The average molecular weight is 354 g/mol. The van der Waals surface area contributed by atoms with Crippen LogP contribution in [-0.2, 0) is 4.74 Å². The smallest absolute Gasteiger partial charge is 0.337 e. The highest BCUT2D eigenvalue weighted by atomic mass is 79.9. The van der Waals surface area contributed by atoms with Gasteiger partial charge in [-0.2, -0.15) is 0 Å². The zero-order valence-corrected chi connectivity index (χ0v) is 13.3. The minimum absolute atomic E-state index is 0.172. The normalized spacial score (nSPS) is 10.2. The lowest BCUT2D eigenvalue weighted by molar-refractivity contribution is 0.0600. The number of benzene rings is 1. The van der Waals surface area contributed by atoms with Crippen molar-refractivity contribution >= 4 is 44.8 Å². The van der Waals surface area contributed by atoms with Gasteiger partial charge in [0.1, 0.15) is 0 Å². The maximum absolute atomic E-state index is 12.0. The van der Waals surface area contributed by atoms with E-state index in [-0.39, 0.29) is 5.91 Å². The largest absolute Gasteiger partial charge is 0.465 e. The molecule has 104 valence electrons. The molecule has 6 heteroatoms. The lowest BCUT2D eigenvalue weighted by atomic mass is 10.1. The Labute approximate surface area is 128 Å². The highest BCUT2D eigenvalue weighted by Gasteiger charge is 2.12. The summed E-state index contributed by atoms with van der Waals surface area (Å²) >= 11 is 4.68. The van der Waals surface area contributed by atoms with Crippen LogP contribution in [0.1, 0.15) is 25.6 Å². The Morgan fingerprint density at radius 2 is 2.00 bits per heavy atom. The van der Waals surface area contributed by atoms with Crippen LogP contribution in [0, 0.1) is 6.92 Å². The van der Waals surface area contributed by atoms with Gasteiger partial charge in [-0.3, -0.25) is 4.79 Å². The van der Waals surface area contributed by atoms with Crippen molar-refractivity contribution in [2.45, 2.75) is 6.92 Å². The van der Waals surface area contributed by atoms with Gasteiger partial charge in [0, 0.05) is 5.69 Å². The minimum Gasteiger partial charge on any atom is -0.465 e. The van der Waals surface area contributed by atoms with E-state index in [9.17, 15) is 9.59 Å². The molecule has 0 aliphatic heterocycles. The Hall–Kier alpha value is -1.66. The number of nitrogens with one attached hydrogen (secondary N) is 1. The van der Waals surface area contributed by atoms with Crippen LogP contribution >= 0.6 is 27.3 Å². The first-order valence-corrected chi connectivity index (χ1v) is 7.38. The second-order valence-electron chi connectivity index (χ2n) is 4.08. The fourth-order valence-electron chi connectivity index (χ4n) is 1.67. The molecular weight excluding hydrogens is 342 g/mol. The molecule has 1 aromatic heterocycles. The van der Waals surface area contributed by atoms with Gasteiger partial charge in [0.15, 0.2) is 0 Å². The number of amides is 1. The maximum atomic E-state index is 12.0. The van der Waals surface area contributed by atoms with Gasteiger partial charge < -0.3 is 10.1 Å². The van der Waals surface area contributed by atoms with E-state index < -0.39 is 5.97 Å². The number of ether oxygens (including phenoxy) is 1. The topological polar surface area (TPSA) is 55.4 Å². The number of aryl methyl sites for hydroxylation is 1. The van der Waals surface area contributed by atoms with Crippen molar-refractivity contribution in [2.75, 3.05) is 12.4 Å². The molecule has 0 saturated carbocycles. The van der Waals surface area contributed by atoms with Crippen LogP contribution in [0.25, 0.3) is 0 Å². The van der Waals surface area contributed by atoms with Gasteiger partial charge in [-0.25, -0.2) is 4.79 Å². The van der Waals surface area contributed by atoms with E-state index in [1.165, 1.54) is 18.4 Å². The quantitative estimate of drug-likeness (QED) is 0.852. The molecule has 0 radical (unpaired) electrons. The molecule has 0 fully saturated rings. The number of hydrogen-bond donors (Lipinski definition) is 1. The lowest BCUT2D eigenvalue weighted by Crippen LogP contribution is -2.11. The van der Waals surface area contributed by atoms with Gasteiger partial charge >= 0.3 is 5.97 Å². The van der Waals surface area contributed by atoms with Gasteiger partial charge in [-0.05, 0) is 58.7 Å². The predicted molar refractivity (Wildman–Crippen MR) is 82.5 cm³/mol. The molecule has 0 spiro atoms. The summed E-state index contributed by atoms with van der Waals surface area (Å²) in [5.74, 6) is -0.567. The number of thiophene rings is 1. The first-order chi connectivity index (χ1) is 9.51. The van der Waals surface area contributed by atoms with Crippen molar-refractivity contribution in [2.24, 2.45) is 0 Å². The SMILES string of the molecule is COC(=O)c1ccc(NC(=O)c2ccc(Br)s2)c(C)c1. The molecule has 20 heavy (non-hydrogen) atoms. The van der Waals surface area contributed by atoms with E-state index in [2.05, 4.69) is 26.0 Å². The van der Waals surface area contributed by atoms with E-state index in [0.29, 0.717) is 16.1 Å². The molecule has 1 aromatic carbocycles. The summed E-state index contributed by atoms with van der Waals surface area (Å²) < 4.78 is 5.56. The Morgan fingerprint density at radius 1 is 1.25 bits per heavy atom. The van der Waals surface area contributed by atoms with Gasteiger partial charge in [-0.1, -0.05) is 0 Å². The van der Waals surface area contributed by atoms with Crippen molar-refractivity contribution in [1.82, 2.24) is 0 Å². The first kappa shape index (κ1) is 14.7. The third kappa shape index (κ3) is 3.26. The molecule has 4 nitrogen and oxygen atoms in total. The van der Waals surface area contributed by atoms with Crippen LogP contribution in [-0.4, -0.2) is 19.0 Å². The third-order valence-corrected chi connectivity index (χ3v) is 4.32. The number of hydrogen-bond acceptors (Lipinski definition) is 4. The number of esters is 1. The van der Waals surface area contributed by atoms with Crippen molar-refractivity contribution in [1.29, 1.82) is 0 Å². The Morgan fingerprint density at radius 3 is 2.55 bits per heavy atom. The summed E-state index contributed by atoms with van der Waals surface area (Å²) in [7, 11) is 1.34. The first-order valence-electron chi connectivity index (χ1n) is 5.77. The highest BCUT2D eigenvalue weighted by Crippen LogP contribution is 2.24. The molecular formula is C14H12BrNO3S. The molecule has 1 amide bonds. The number of anilines is 1. The zero-order chi connectivity index (χ0) is 14.7. The summed E-state index contributed by atoms with van der Waals surface area (Å²) in [5.41, 5.74) is 1.94. The van der Waals surface area contributed by atoms with E-state index in [1.54, 1.807) is 24.3 Å². The summed E-state index contributed by atoms with van der Waals surface area (Å²) in [4.78, 5) is 24.1. The number of halogens is 1. The molecule has 2 aromatic rings. The van der Waals surface area contributed by atoms with E-state index in [1.807, 2.05) is 13.0 Å². The van der Waals surface area contributed by atoms with Crippen molar-refractivity contribution in [3.8, 4) is 0 Å². The molecule has 0 aliphatic carbocycles. The van der Waals surface area contributed by atoms with Gasteiger partial charge in [-0.15, -0.1) is 11.3 Å². The van der Waals surface area contributed by atoms with Crippen LogP contribution in [0.5, 0.6) is 0 Å². The summed E-state index contributed by atoms with van der Waals surface area (Å²) in [6, 6.07) is 8.59. The molecule has 0 bridgehead atoms. The predicted octanol–water partition coefficient (Wildman–Crippen LogP) is 3.86. The Bertz CT molecular complexity index is 666. The summed E-state index contributed by atoms with van der Waals surface area (Å²) in [5, 5.41) is 2.82. The molecule has 0 atom stereocenters. The monoisotopic (exact) mass is 353 g/mol. The highest BCUT2D eigenvalue weighted by molar-refractivity contribution is 9.11. The number of carbonyl (C=O) groups is 2. The van der Waals surface area contributed by atoms with Crippen LogP contribution in [0.15, 0.2) is 34.1 Å². The van der Waals surface area contributed by atoms with Gasteiger partial charge in [0.2, 0.25) is 0 Å². The third-order valence-electron chi connectivity index (χ3n) is 2.69. The maximum Gasteiger partial charge on any atom is 0.337 e. The van der Waals surface area contributed by atoms with Crippen LogP contribution in [0.4, 0.5) is 5.69 Å². The Balaban J connectivity index is 2.18. The fourth-order valence-corrected chi connectivity index (χ4v) is 2.95. The van der Waals surface area contributed by atoms with Gasteiger partial charge in [0.05, 0.1) is 21.3 Å². The fraction of sp³-hybridized carbons (Fsp3) is 0.143. The molecule has 1 heterocycles. The summed E-state index contributed by atoms with van der Waals surface area (Å²) in [6.45, 7) is 1.83. The zero-order valence-electron chi connectivity index (χ0n) is 10.9. The molecule has 2 rings (SSSR count). The van der Waals surface area contributed by atoms with E-state index in [0.717, 1.165) is 9.35 Å². The van der Waals surface area contributed by atoms with Crippen LogP contribution in [0.3, 0.4) is 0 Å². The second-order valence-corrected chi connectivity index (χ2v) is 6.54. The van der Waals surface area contributed by atoms with E-state index >= 15 is 0 Å². The van der Waals surface area contributed by atoms with E-state index in [4.69, 9.17) is 0 Å². The Kier molecular flexibility index (Phi) is 4.57. The van der Waals surface area contributed by atoms with Crippen LogP contribution < -0.4 is 5.32 Å². The average Bonchev–Trinajstić information content (AvgIpc) is 2.86. The number of methoxy groups -OCH3 is 1. The number of rotatable bonds is 3. The molecule has 0 saturated heterocycles. The second kappa shape index (κ2) is 6.19. The minimum atomic E-state index is -0.395. The van der Waals surface area contributed by atoms with Crippen LogP contribution in [0.2, 0.25) is 0 Å². The van der Waals surface area contributed by atoms with Crippen molar-refractivity contribution < 1.29 is 14.3 Å². The summed E-state index contributed by atoms with van der Waals surface area (Å²) in [6.07, 6.45) is 0. The van der Waals surface area contributed by atoms with Crippen molar-refractivity contribution in [3.05, 3.63) is 50.1 Å². The van der Waals surface area contributed by atoms with Crippen molar-refractivity contribution in [3.63, 3.8) is 0 Å². The van der Waals surface area contributed by atoms with Gasteiger partial charge in [0.25, 0.3) is 5.91 Å². The number of carbonyl (C=O) groups excluding carboxylic acids is 2. The standard InChI is InChI=1S/C14H12BrNO3S/c1-8-7-9(14(18)19-2)3-4-10(8)16-13(17)11-5-6-12(15)20-11/h3-7H,1-2H3,(H,16,17). The molecule has 1 N–H and O–H groups in total. The lowest BCUT2D eigenvalue weighted by Gasteiger charge is -2.08. The molecule has 0 unspecified atom stereocenters. The molecule has 0 aliphatic rings.